The van der Waals surface area contributed by atoms with Gasteiger partial charge in [0.15, 0.2) is 0 Å². The Hall–Kier alpha value is -0.830. The molecule has 3 heteroatoms. The third-order valence-electron chi connectivity index (χ3n) is 2.91. The molecule has 0 radical (unpaired) electrons. The van der Waals surface area contributed by atoms with Crippen molar-refractivity contribution in [3.63, 3.8) is 0 Å². The topological polar surface area (TPSA) is 41.1 Å². The molecule has 0 aromatic heterocycles. The second kappa shape index (κ2) is 6.62. The van der Waals surface area contributed by atoms with E-state index in [0.29, 0.717) is 12.6 Å². The van der Waals surface area contributed by atoms with Gasteiger partial charge in [-0.3, -0.25) is 4.79 Å². The van der Waals surface area contributed by atoms with Crippen molar-refractivity contribution in [2.45, 2.75) is 51.1 Å². The van der Waals surface area contributed by atoms with Gasteiger partial charge in [-0.05, 0) is 19.8 Å². The molecule has 1 aliphatic rings. The Morgan fingerprint density at radius 1 is 1.47 bits per heavy atom. The van der Waals surface area contributed by atoms with E-state index in [1.165, 1.54) is 19.3 Å². The lowest BCUT2D eigenvalue weighted by Gasteiger charge is -2.23. The van der Waals surface area contributed by atoms with Gasteiger partial charge in [0.1, 0.15) is 0 Å². The van der Waals surface area contributed by atoms with Gasteiger partial charge in [-0.15, -0.1) is 6.58 Å². The normalized spacial score (nSPS) is 19.5. The van der Waals surface area contributed by atoms with Crippen molar-refractivity contribution in [1.82, 2.24) is 10.6 Å². The van der Waals surface area contributed by atoms with Gasteiger partial charge in [0.2, 0.25) is 5.91 Å². The first-order chi connectivity index (χ1) is 7.22. The summed E-state index contributed by atoms with van der Waals surface area (Å²) in [5.41, 5.74) is 0. The molecule has 1 fully saturated rings. The van der Waals surface area contributed by atoms with Crippen LogP contribution >= 0.6 is 0 Å². The second-order valence-corrected chi connectivity index (χ2v) is 4.31. The Morgan fingerprint density at radius 3 is 2.73 bits per heavy atom. The van der Waals surface area contributed by atoms with Gasteiger partial charge in [0.25, 0.3) is 0 Å². The van der Waals surface area contributed by atoms with Crippen LogP contribution in [0.3, 0.4) is 0 Å². The van der Waals surface area contributed by atoms with Crippen LogP contribution in [-0.2, 0) is 4.79 Å². The fourth-order valence-electron chi connectivity index (χ4n) is 1.86. The Bertz CT molecular complexity index is 210. The Labute approximate surface area is 92.3 Å². The van der Waals surface area contributed by atoms with E-state index >= 15 is 0 Å². The van der Waals surface area contributed by atoms with Gasteiger partial charge >= 0.3 is 0 Å². The zero-order valence-corrected chi connectivity index (χ0v) is 9.59. The summed E-state index contributed by atoms with van der Waals surface area (Å²) in [5.74, 6) is 0.107. The second-order valence-electron chi connectivity index (χ2n) is 4.31. The number of hydrogen-bond acceptors (Lipinski definition) is 2. The summed E-state index contributed by atoms with van der Waals surface area (Å²) >= 11 is 0. The summed E-state index contributed by atoms with van der Waals surface area (Å²) in [5, 5.41) is 6.15. The minimum atomic E-state index is 0.107. The van der Waals surface area contributed by atoms with E-state index in [9.17, 15) is 4.79 Å². The van der Waals surface area contributed by atoms with Crippen molar-refractivity contribution in [3.05, 3.63) is 12.7 Å². The third-order valence-corrected chi connectivity index (χ3v) is 2.91. The van der Waals surface area contributed by atoms with Crippen LogP contribution in [0.15, 0.2) is 12.7 Å². The van der Waals surface area contributed by atoms with E-state index in [2.05, 4.69) is 17.2 Å². The van der Waals surface area contributed by atoms with E-state index < -0.39 is 0 Å². The molecular formula is C12H22N2O. The molecule has 1 saturated carbocycles. The first-order valence-electron chi connectivity index (χ1n) is 5.87. The highest BCUT2D eigenvalue weighted by Gasteiger charge is 2.15. The monoisotopic (exact) mass is 210 g/mol. The number of rotatable bonds is 5. The van der Waals surface area contributed by atoms with Crippen molar-refractivity contribution in [1.29, 1.82) is 0 Å². The maximum Gasteiger partial charge on any atom is 0.234 e. The predicted octanol–water partition coefficient (Wildman–Crippen LogP) is 1.60. The zero-order valence-electron chi connectivity index (χ0n) is 9.59. The van der Waals surface area contributed by atoms with Crippen LogP contribution in [0.2, 0.25) is 0 Å². The van der Waals surface area contributed by atoms with Crippen molar-refractivity contribution in [2.24, 2.45) is 0 Å². The lowest BCUT2D eigenvalue weighted by molar-refractivity contribution is -0.121. The average Bonchev–Trinajstić information content (AvgIpc) is 2.27. The molecule has 1 amide bonds. The van der Waals surface area contributed by atoms with Crippen molar-refractivity contribution in [3.8, 4) is 0 Å². The molecule has 0 aromatic carbocycles. The summed E-state index contributed by atoms with van der Waals surface area (Å²) in [4.78, 5) is 11.5. The highest BCUT2D eigenvalue weighted by molar-refractivity contribution is 5.78. The van der Waals surface area contributed by atoms with Crippen LogP contribution < -0.4 is 10.6 Å². The maximum atomic E-state index is 11.5. The molecule has 1 atom stereocenters. The van der Waals surface area contributed by atoms with Gasteiger partial charge in [0, 0.05) is 12.1 Å². The van der Waals surface area contributed by atoms with Gasteiger partial charge in [-0.1, -0.05) is 25.3 Å². The Balaban J connectivity index is 2.14. The number of nitrogens with one attached hydrogen (secondary N) is 2. The molecule has 0 aliphatic heterocycles. The molecule has 15 heavy (non-hydrogen) atoms. The fourth-order valence-corrected chi connectivity index (χ4v) is 1.86. The molecule has 0 aromatic rings. The summed E-state index contributed by atoms with van der Waals surface area (Å²) in [6.07, 6.45) is 7.90. The molecule has 0 bridgehead atoms. The van der Waals surface area contributed by atoms with Gasteiger partial charge in [0.05, 0.1) is 6.54 Å². The van der Waals surface area contributed by atoms with Gasteiger partial charge in [-0.2, -0.15) is 0 Å². The molecule has 86 valence electrons. The molecule has 1 aliphatic carbocycles. The number of carbonyl (C=O) groups excluding carboxylic acids is 1. The smallest absolute Gasteiger partial charge is 0.234 e. The molecule has 1 rings (SSSR count). The Morgan fingerprint density at radius 2 is 2.13 bits per heavy atom. The zero-order chi connectivity index (χ0) is 11.1. The van der Waals surface area contributed by atoms with E-state index in [0.717, 1.165) is 12.8 Å². The summed E-state index contributed by atoms with van der Waals surface area (Å²) in [6, 6.07) is 0.606. The molecule has 1 unspecified atom stereocenters. The first-order valence-corrected chi connectivity index (χ1v) is 5.87. The molecular weight excluding hydrogens is 188 g/mol. The summed E-state index contributed by atoms with van der Waals surface area (Å²) < 4.78 is 0. The lowest BCUT2D eigenvalue weighted by Crippen LogP contribution is -2.42. The van der Waals surface area contributed by atoms with Gasteiger partial charge in [-0.25, -0.2) is 0 Å². The highest BCUT2D eigenvalue weighted by atomic mass is 16.1. The quantitative estimate of drug-likeness (QED) is 0.677. The van der Waals surface area contributed by atoms with E-state index in [1.54, 1.807) is 6.08 Å². The molecule has 2 N–H and O–H groups in total. The van der Waals surface area contributed by atoms with Crippen LogP contribution in [0.25, 0.3) is 0 Å². The number of carbonyl (C=O) groups is 1. The fraction of sp³-hybridized carbons (Fsp3) is 0.750. The summed E-state index contributed by atoms with van der Waals surface area (Å²) in [6.45, 7) is 6.04. The van der Waals surface area contributed by atoms with Crippen molar-refractivity contribution < 1.29 is 4.79 Å². The average molecular weight is 210 g/mol. The van der Waals surface area contributed by atoms with Crippen LogP contribution in [0, 0.1) is 0 Å². The molecule has 0 spiro atoms. The molecule has 3 nitrogen and oxygen atoms in total. The van der Waals surface area contributed by atoms with Crippen LogP contribution in [0.1, 0.15) is 39.0 Å². The molecule has 0 saturated heterocycles. The number of hydrogen-bond donors (Lipinski definition) is 2. The lowest BCUT2D eigenvalue weighted by atomic mass is 9.95. The van der Waals surface area contributed by atoms with E-state index in [4.69, 9.17) is 0 Å². The Kier molecular flexibility index (Phi) is 5.40. The standard InChI is InChI=1S/C12H22N2O/c1-3-10(2)13-9-12(15)14-11-7-5-4-6-8-11/h3,10-11,13H,1,4-9H2,2H3,(H,14,15). The van der Waals surface area contributed by atoms with Gasteiger partial charge < -0.3 is 10.6 Å². The number of amides is 1. The van der Waals surface area contributed by atoms with Crippen LogP contribution in [-0.4, -0.2) is 24.5 Å². The largest absolute Gasteiger partial charge is 0.352 e. The van der Waals surface area contributed by atoms with E-state index in [1.807, 2.05) is 6.92 Å². The summed E-state index contributed by atoms with van der Waals surface area (Å²) in [7, 11) is 0. The van der Waals surface area contributed by atoms with Crippen LogP contribution in [0.4, 0.5) is 0 Å². The SMILES string of the molecule is C=CC(C)NCC(=O)NC1CCCCC1. The third kappa shape index (κ3) is 4.98. The van der Waals surface area contributed by atoms with Crippen molar-refractivity contribution >= 4 is 5.91 Å². The minimum Gasteiger partial charge on any atom is -0.352 e. The maximum absolute atomic E-state index is 11.5. The van der Waals surface area contributed by atoms with Crippen LogP contribution in [0.5, 0.6) is 0 Å². The van der Waals surface area contributed by atoms with E-state index in [-0.39, 0.29) is 11.9 Å². The van der Waals surface area contributed by atoms with Crippen molar-refractivity contribution in [2.75, 3.05) is 6.54 Å². The minimum absolute atomic E-state index is 0.107. The molecule has 0 heterocycles. The highest BCUT2D eigenvalue weighted by Crippen LogP contribution is 2.16. The first kappa shape index (κ1) is 12.2. The predicted molar refractivity (Wildman–Crippen MR) is 62.7 cm³/mol.